The van der Waals surface area contributed by atoms with Gasteiger partial charge in [0.2, 0.25) is 0 Å². The summed E-state index contributed by atoms with van der Waals surface area (Å²) in [5, 5.41) is 0. The fourth-order valence-electron chi connectivity index (χ4n) is 2.66. The number of aldehydes is 2. The van der Waals surface area contributed by atoms with Crippen LogP contribution in [0.25, 0.3) is 0 Å². The van der Waals surface area contributed by atoms with Crippen LogP contribution < -0.4 is 9.47 Å². The van der Waals surface area contributed by atoms with E-state index in [-0.39, 0.29) is 0 Å². The topological polar surface area (TPSA) is 52.6 Å². The normalized spacial score (nSPS) is 9.40. The highest BCUT2D eigenvalue weighted by Crippen LogP contribution is 2.28. The van der Waals surface area contributed by atoms with Crippen molar-refractivity contribution in [3.05, 3.63) is 94.0 Å². The number of ether oxygens (including phenoxy) is 2. The molecule has 0 saturated heterocycles. The number of benzene rings is 3. The van der Waals surface area contributed by atoms with Crippen molar-refractivity contribution in [3.63, 3.8) is 0 Å². The summed E-state index contributed by atoms with van der Waals surface area (Å²) >= 11 is 0. The average molecular weight is 394 g/mol. The van der Waals surface area contributed by atoms with E-state index in [1.165, 1.54) is 0 Å². The van der Waals surface area contributed by atoms with Gasteiger partial charge in [-0.15, -0.1) is 0 Å². The van der Waals surface area contributed by atoms with Gasteiger partial charge in [0, 0.05) is 34.4 Å². The number of hydrogen-bond acceptors (Lipinski definition) is 4. The summed E-state index contributed by atoms with van der Waals surface area (Å²) in [6.07, 6.45) is 1.59. The van der Waals surface area contributed by atoms with Crippen LogP contribution in [0.5, 0.6) is 11.5 Å². The van der Waals surface area contributed by atoms with Gasteiger partial charge in [-0.2, -0.15) is 0 Å². The number of methoxy groups -OCH3 is 2. The minimum Gasteiger partial charge on any atom is -0.495 e. The molecule has 4 nitrogen and oxygen atoms in total. The quantitative estimate of drug-likeness (QED) is 0.493. The maximum Gasteiger partial charge on any atom is 0.150 e. The lowest BCUT2D eigenvalue weighted by Gasteiger charge is -2.09. The molecule has 0 fully saturated rings. The Morgan fingerprint density at radius 3 is 1.27 bits per heavy atom. The van der Waals surface area contributed by atoms with Crippen molar-refractivity contribution in [1.82, 2.24) is 0 Å². The van der Waals surface area contributed by atoms with Crippen LogP contribution in [-0.4, -0.2) is 26.8 Å². The molecule has 0 radical (unpaired) electrons. The van der Waals surface area contributed by atoms with Gasteiger partial charge in [-0.3, -0.25) is 9.59 Å². The van der Waals surface area contributed by atoms with Crippen molar-refractivity contribution in [3.8, 4) is 35.2 Å². The van der Waals surface area contributed by atoms with Gasteiger partial charge in [0.05, 0.1) is 25.3 Å². The van der Waals surface area contributed by atoms with Crippen molar-refractivity contribution in [1.29, 1.82) is 0 Å². The van der Waals surface area contributed by atoms with Crippen LogP contribution in [0.4, 0.5) is 0 Å². The minimum atomic E-state index is 0.577. The predicted molar refractivity (Wildman–Crippen MR) is 115 cm³/mol. The zero-order valence-electron chi connectivity index (χ0n) is 16.6. The zero-order chi connectivity index (χ0) is 21.3. The third kappa shape index (κ3) is 4.95. The third-order valence-corrected chi connectivity index (χ3v) is 4.30. The third-order valence-electron chi connectivity index (χ3n) is 4.30. The standard InChI is InChI=1S/C26H18O4/c1-29-25-15-24(14-12-20-5-9-22(18-28)10-6-20)26(30-2)16-23(25)13-11-19-3-7-21(17-27)8-4-19/h3-10,15-18H,1-2H3. The van der Waals surface area contributed by atoms with E-state index in [1.54, 1.807) is 74.9 Å². The van der Waals surface area contributed by atoms with E-state index in [0.717, 1.165) is 23.7 Å². The Morgan fingerprint density at radius 1 is 0.600 bits per heavy atom. The molecule has 3 aromatic carbocycles. The van der Waals surface area contributed by atoms with Gasteiger partial charge >= 0.3 is 0 Å². The molecule has 0 bridgehead atoms. The molecule has 0 unspecified atom stereocenters. The van der Waals surface area contributed by atoms with Crippen LogP contribution in [0.2, 0.25) is 0 Å². The number of hydrogen-bond donors (Lipinski definition) is 0. The lowest BCUT2D eigenvalue weighted by Crippen LogP contribution is -1.94. The van der Waals surface area contributed by atoms with Gasteiger partial charge < -0.3 is 9.47 Å². The van der Waals surface area contributed by atoms with Crippen LogP contribution in [0.15, 0.2) is 60.7 Å². The smallest absolute Gasteiger partial charge is 0.150 e. The second kappa shape index (κ2) is 9.78. The van der Waals surface area contributed by atoms with Crippen molar-refractivity contribution >= 4 is 12.6 Å². The summed E-state index contributed by atoms with van der Waals surface area (Å²) in [6.45, 7) is 0. The van der Waals surface area contributed by atoms with Crippen LogP contribution in [0, 0.1) is 23.7 Å². The molecule has 30 heavy (non-hydrogen) atoms. The molecule has 0 aliphatic rings. The summed E-state index contributed by atoms with van der Waals surface area (Å²) in [6, 6.07) is 17.6. The van der Waals surface area contributed by atoms with Crippen LogP contribution in [-0.2, 0) is 0 Å². The highest BCUT2D eigenvalue weighted by Gasteiger charge is 2.08. The lowest BCUT2D eigenvalue weighted by atomic mass is 10.1. The highest BCUT2D eigenvalue weighted by molar-refractivity contribution is 5.75. The molecular weight excluding hydrogens is 376 g/mol. The summed E-state index contributed by atoms with van der Waals surface area (Å²) in [5.74, 6) is 13.4. The Balaban J connectivity index is 1.94. The molecular formula is C26H18O4. The Morgan fingerprint density at radius 2 is 0.967 bits per heavy atom. The number of carbonyl (C=O) groups is 2. The van der Waals surface area contributed by atoms with Crippen molar-refractivity contribution in [2.24, 2.45) is 0 Å². The zero-order valence-corrected chi connectivity index (χ0v) is 16.6. The van der Waals surface area contributed by atoms with E-state index in [4.69, 9.17) is 9.47 Å². The van der Waals surface area contributed by atoms with E-state index >= 15 is 0 Å². The summed E-state index contributed by atoms with van der Waals surface area (Å²) in [5.41, 5.74) is 4.09. The molecule has 0 saturated carbocycles. The lowest BCUT2D eigenvalue weighted by molar-refractivity contribution is 0.111. The Bertz CT molecular complexity index is 1090. The van der Waals surface area contributed by atoms with Gasteiger partial charge in [0.1, 0.15) is 24.1 Å². The van der Waals surface area contributed by atoms with E-state index < -0.39 is 0 Å². The summed E-state index contributed by atoms with van der Waals surface area (Å²) in [7, 11) is 3.14. The van der Waals surface area contributed by atoms with E-state index in [2.05, 4.69) is 23.7 Å². The molecule has 0 atom stereocenters. The first-order valence-corrected chi connectivity index (χ1v) is 9.07. The molecule has 4 heteroatoms. The van der Waals surface area contributed by atoms with Gasteiger partial charge in [-0.25, -0.2) is 0 Å². The van der Waals surface area contributed by atoms with Crippen molar-refractivity contribution in [2.75, 3.05) is 14.2 Å². The van der Waals surface area contributed by atoms with Crippen molar-refractivity contribution in [2.45, 2.75) is 0 Å². The molecule has 146 valence electrons. The molecule has 0 N–H and O–H groups in total. The monoisotopic (exact) mass is 394 g/mol. The maximum absolute atomic E-state index is 10.8. The highest BCUT2D eigenvalue weighted by atomic mass is 16.5. The first-order valence-electron chi connectivity index (χ1n) is 9.07. The van der Waals surface area contributed by atoms with Crippen molar-refractivity contribution < 1.29 is 19.1 Å². The second-order valence-electron chi connectivity index (χ2n) is 6.23. The van der Waals surface area contributed by atoms with Gasteiger partial charge in [0.25, 0.3) is 0 Å². The molecule has 3 aromatic rings. The predicted octanol–water partition coefficient (Wildman–Crippen LogP) is 4.13. The van der Waals surface area contributed by atoms with E-state index in [9.17, 15) is 9.59 Å². The van der Waals surface area contributed by atoms with E-state index in [1.807, 2.05) is 0 Å². The molecule has 0 aliphatic carbocycles. The van der Waals surface area contributed by atoms with Gasteiger partial charge in [-0.1, -0.05) is 47.9 Å². The fraction of sp³-hybridized carbons (Fsp3) is 0.0769. The Labute approximate surface area is 175 Å². The Hall–Kier alpha value is -4.28. The number of carbonyl (C=O) groups excluding carboxylic acids is 2. The number of rotatable bonds is 4. The van der Waals surface area contributed by atoms with Crippen LogP contribution in [0.1, 0.15) is 43.0 Å². The molecule has 0 aromatic heterocycles. The van der Waals surface area contributed by atoms with Gasteiger partial charge in [0.15, 0.2) is 0 Å². The molecule has 0 aliphatic heterocycles. The molecule has 3 rings (SSSR count). The first-order chi connectivity index (χ1) is 14.7. The largest absolute Gasteiger partial charge is 0.495 e. The maximum atomic E-state index is 10.8. The first kappa shape index (κ1) is 20.5. The molecule has 0 amide bonds. The summed E-state index contributed by atoms with van der Waals surface area (Å²) in [4.78, 5) is 21.5. The minimum absolute atomic E-state index is 0.577. The Kier molecular flexibility index (Phi) is 6.66. The fourth-order valence-corrected chi connectivity index (χ4v) is 2.66. The van der Waals surface area contributed by atoms with E-state index in [0.29, 0.717) is 33.8 Å². The molecule has 0 heterocycles. The van der Waals surface area contributed by atoms with Crippen LogP contribution in [0.3, 0.4) is 0 Å². The molecule has 0 spiro atoms. The second-order valence-corrected chi connectivity index (χ2v) is 6.23. The SMILES string of the molecule is COc1cc(C#Cc2ccc(C=O)cc2)c(OC)cc1C#Cc1ccc(C=O)cc1. The average Bonchev–Trinajstić information content (AvgIpc) is 2.81. The summed E-state index contributed by atoms with van der Waals surface area (Å²) < 4.78 is 11.0. The van der Waals surface area contributed by atoms with Gasteiger partial charge in [-0.05, 0) is 24.3 Å². The van der Waals surface area contributed by atoms with Crippen LogP contribution >= 0.6 is 0 Å².